The number of hydrogen-bond acceptors (Lipinski definition) is 3. The normalized spacial score (nSPS) is 9.32. The van der Waals surface area contributed by atoms with Crippen LogP contribution >= 0.6 is 0 Å². The minimum atomic E-state index is -0.443. The standard InChI is InChI=1S/C16H12O3/c1-2-3-12-4-6-13(7-5-12)16(18)19-15-10-8-14(17)9-11-15/h4-11,17H,1H3. The molecule has 0 bridgehead atoms. The zero-order valence-corrected chi connectivity index (χ0v) is 10.4. The van der Waals surface area contributed by atoms with Crippen LogP contribution in [0.2, 0.25) is 0 Å². The van der Waals surface area contributed by atoms with E-state index in [1.165, 1.54) is 24.3 Å². The number of carbonyl (C=O) groups is 1. The van der Waals surface area contributed by atoms with Crippen molar-refractivity contribution in [1.29, 1.82) is 0 Å². The van der Waals surface area contributed by atoms with E-state index in [0.717, 1.165) is 5.56 Å². The van der Waals surface area contributed by atoms with Crippen molar-refractivity contribution in [2.75, 3.05) is 0 Å². The number of phenols is 1. The highest BCUT2D eigenvalue weighted by Crippen LogP contribution is 2.17. The topological polar surface area (TPSA) is 46.5 Å². The van der Waals surface area contributed by atoms with Gasteiger partial charge in [-0.25, -0.2) is 4.79 Å². The van der Waals surface area contributed by atoms with Crippen LogP contribution in [0.15, 0.2) is 48.5 Å². The van der Waals surface area contributed by atoms with E-state index in [1.807, 2.05) is 0 Å². The fraction of sp³-hybridized carbons (Fsp3) is 0.0625. The molecule has 2 aromatic rings. The predicted molar refractivity (Wildman–Crippen MR) is 72.1 cm³/mol. The van der Waals surface area contributed by atoms with Gasteiger partial charge in [0.2, 0.25) is 0 Å². The first kappa shape index (κ1) is 12.7. The van der Waals surface area contributed by atoms with Gasteiger partial charge in [0.15, 0.2) is 0 Å². The van der Waals surface area contributed by atoms with Gasteiger partial charge in [-0.1, -0.05) is 5.92 Å². The molecule has 0 unspecified atom stereocenters. The van der Waals surface area contributed by atoms with Gasteiger partial charge in [0.05, 0.1) is 5.56 Å². The Kier molecular flexibility index (Phi) is 3.84. The summed E-state index contributed by atoms with van der Waals surface area (Å²) in [5, 5.41) is 9.14. The van der Waals surface area contributed by atoms with Crippen LogP contribution in [0.25, 0.3) is 0 Å². The van der Waals surface area contributed by atoms with Crippen LogP contribution in [0, 0.1) is 11.8 Å². The van der Waals surface area contributed by atoms with Crippen molar-refractivity contribution in [2.24, 2.45) is 0 Å². The van der Waals surface area contributed by atoms with Crippen LogP contribution < -0.4 is 4.74 Å². The fourth-order valence-corrected chi connectivity index (χ4v) is 1.51. The Morgan fingerprint density at radius 1 is 1.05 bits per heavy atom. The third kappa shape index (κ3) is 3.36. The number of aromatic hydroxyl groups is 1. The second-order valence-corrected chi connectivity index (χ2v) is 3.84. The Hall–Kier alpha value is -2.73. The highest BCUT2D eigenvalue weighted by molar-refractivity contribution is 5.91. The molecule has 0 spiro atoms. The van der Waals surface area contributed by atoms with Crippen LogP contribution in [0.5, 0.6) is 11.5 Å². The average Bonchev–Trinajstić information content (AvgIpc) is 2.42. The Morgan fingerprint density at radius 3 is 2.26 bits per heavy atom. The quantitative estimate of drug-likeness (QED) is 0.507. The number of esters is 1. The van der Waals surface area contributed by atoms with E-state index in [2.05, 4.69) is 11.8 Å². The molecule has 0 saturated heterocycles. The van der Waals surface area contributed by atoms with E-state index in [-0.39, 0.29) is 5.75 Å². The summed E-state index contributed by atoms with van der Waals surface area (Å²) in [6.45, 7) is 1.76. The lowest BCUT2D eigenvalue weighted by molar-refractivity contribution is 0.0734. The van der Waals surface area contributed by atoms with Crippen molar-refractivity contribution < 1.29 is 14.6 Å². The third-order valence-corrected chi connectivity index (χ3v) is 2.44. The molecule has 0 radical (unpaired) electrons. The van der Waals surface area contributed by atoms with Gasteiger partial charge in [0.25, 0.3) is 0 Å². The summed E-state index contributed by atoms with van der Waals surface area (Å²) in [5.41, 5.74) is 1.30. The maximum Gasteiger partial charge on any atom is 0.343 e. The van der Waals surface area contributed by atoms with Crippen molar-refractivity contribution in [3.8, 4) is 23.3 Å². The smallest absolute Gasteiger partial charge is 0.343 e. The molecule has 94 valence electrons. The first-order valence-electron chi connectivity index (χ1n) is 5.73. The molecule has 2 rings (SSSR count). The average molecular weight is 252 g/mol. The molecular formula is C16H12O3. The summed E-state index contributed by atoms with van der Waals surface area (Å²) in [5.74, 6) is 5.76. The maximum absolute atomic E-state index is 11.8. The number of benzene rings is 2. The van der Waals surface area contributed by atoms with Crippen molar-refractivity contribution in [2.45, 2.75) is 6.92 Å². The zero-order chi connectivity index (χ0) is 13.7. The first-order chi connectivity index (χ1) is 9.19. The lowest BCUT2D eigenvalue weighted by Gasteiger charge is -2.04. The maximum atomic E-state index is 11.8. The molecule has 0 amide bonds. The van der Waals surface area contributed by atoms with Gasteiger partial charge in [-0.3, -0.25) is 0 Å². The Morgan fingerprint density at radius 2 is 1.68 bits per heavy atom. The van der Waals surface area contributed by atoms with Gasteiger partial charge in [0, 0.05) is 5.56 Å². The van der Waals surface area contributed by atoms with E-state index in [1.54, 1.807) is 31.2 Å². The molecule has 0 aliphatic rings. The van der Waals surface area contributed by atoms with Gasteiger partial charge >= 0.3 is 5.97 Å². The summed E-state index contributed by atoms with van der Waals surface area (Å²) < 4.78 is 5.17. The van der Waals surface area contributed by atoms with Crippen LogP contribution in [-0.2, 0) is 0 Å². The Balaban J connectivity index is 2.10. The van der Waals surface area contributed by atoms with Crippen LogP contribution in [-0.4, -0.2) is 11.1 Å². The minimum Gasteiger partial charge on any atom is -0.508 e. The number of phenolic OH excluding ortho intramolecular Hbond substituents is 1. The third-order valence-electron chi connectivity index (χ3n) is 2.44. The van der Waals surface area contributed by atoms with Gasteiger partial charge in [0.1, 0.15) is 11.5 Å². The number of hydrogen-bond donors (Lipinski definition) is 1. The van der Waals surface area contributed by atoms with Crippen LogP contribution in [0.4, 0.5) is 0 Å². The summed E-state index contributed by atoms with van der Waals surface area (Å²) in [6, 6.07) is 12.9. The van der Waals surface area contributed by atoms with E-state index in [4.69, 9.17) is 9.84 Å². The molecule has 3 nitrogen and oxygen atoms in total. The Labute approximate surface area is 111 Å². The van der Waals surface area contributed by atoms with Crippen molar-refractivity contribution >= 4 is 5.97 Å². The van der Waals surface area contributed by atoms with E-state index < -0.39 is 5.97 Å². The zero-order valence-electron chi connectivity index (χ0n) is 10.4. The molecule has 19 heavy (non-hydrogen) atoms. The van der Waals surface area contributed by atoms with Crippen molar-refractivity contribution in [3.05, 3.63) is 59.7 Å². The lowest BCUT2D eigenvalue weighted by atomic mass is 10.1. The summed E-state index contributed by atoms with van der Waals surface area (Å²) in [6.07, 6.45) is 0. The lowest BCUT2D eigenvalue weighted by Crippen LogP contribution is -2.08. The molecule has 1 N–H and O–H groups in total. The largest absolute Gasteiger partial charge is 0.508 e. The van der Waals surface area contributed by atoms with E-state index >= 15 is 0 Å². The van der Waals surface area contributed by atoms with Gasteiger partial charge in [-0.05, 0) is 55.5 Å². The molecule has 2 aromatic carbocycles. The summed E-state index contributed by atoms with van der Waals surface area (Å²) >= 11 is 0. The summed E-state index contributed by atoms with van der Waals surface area (Å²) in [4.78, 5) is 11.8. The molecule has 0 aliphatic heterocycles. The fourth-order valence-electron chi connectivity index (χ4n) is 1.51. The number of carbonyl (C=O) groups excluding carboxylic acids is 1. The SMILES string of the molecule is CC#Cc1ccc(C(=O)Oc2ccc(O)cc2)cc1. The molecule has 0 saturated carbocycles. The minimum absolute atomic E-state index is 0.127. The van der Waals surface area contributed by atoms with Gasteiger partial charge < -0.3 is 9.84 Å². The second kappa shape index (κ2) is 5.74. The number of rotatable bonds is 2. The monoisotopic (exact) mass is 252 g/mol. The van der Waals surface area contributed by atoms with Crippen molar-refractivity contribution in [3.63, 3.8) is 0 Å². The molecule has 0 aromatic heterocycles. The first-order valence-corrected chi connectivity index (χ1v) is 5.73. The predicted octanol–water partition coefficient (Wildman–Crippen LogP) is 2.98. The highest BCUT2D eigenvalue weighted by Gasteiger charge is 2.08. The molecule has 3 heteroatoms. The molecule has 0 heterocycles. The summed E-state index contributed by atoms with van der Waals surface area (Å²) in [7, 11) is 0. The van der Waals surface area contributed by atoms with E-state index in [9.17, 15) is 4.79 Å². The Bertz CT molecular complexity index is 628. The van der Waals surface area contributed by atoms with Gasteiger partial charge in [-0.2, -0.15) is 0 Å². The molecular weight excluding hydrogens is 240 g/mol. The highest BCUT2D eigenvalue weighted by atomic mass is 16.5. The second-order valence-electron chi connectivity index (χ2n) is 3.84. The van der Waals surface area contributed by atoms with Crippen molar-refractivity contribution in [1.82, 2.24) is 0 Å². The van der Waals surface area contributed by atoms with Crippen LogP contribution in [0.1, 0.15) is 22.8 Å². The molecule has 0 atom stereocenters. The molecule has 0 fully saturated rings. The molecule has 0 aliphatic carbocycles. The van der Waals surface area contributed by atoms with Gasteiger partial charge in [-0.15, -0.1) is 5.92 Å². The van der Waals surface area contributed by atoms with Crippen LogP contribution in [0.3, 0.4) is 0 Å². The number of ether oxygens (including phenoxy) is 1. The van der Waals surface area contributed by atoms with E-state index in [0.29, 0.717) is 11.3 Å².